The quantitative estimate of drug-likeness (QED) is 0.397. The summed E-state index contributed by atoms with van der Waals surface area (Å²) in [5, 5.41) is 11.2. The number of amides is 2. The van der Waals surface area contributed by atoms with Gasteiger partial charge in [-0.1, -0.05) is 0 Å². The molecule has 0 aromatic heterocycles. The highest BCUT2D eigenvalue weighted by Crippen LogP contribution is 1.90. The molecule has 6 N–H and O–H groups in total. The molecule has 0 rings (SSSR count). The zero-order chi connectivity index (χ0) is 10.6. The highest BCUT2D eigenvalue weighted by atomic mass is 16.3. The van der Waals surface area contributed by atoms with E-state index in [1.807, 2.05) is 0 Å². The van der Waals surface area contributed by atoms with E-state index < -0.39 is 30.0 Å². The molecule has 0 aliphatic carbocycles. The molecule has 2 amide bonds. The molecular weight excluding hydrogens is 174 g/mol. The van der Waals surface area contributed by atoms with Gasteiger partial charge in [0.15, 0.2) is 0 Å². The number of nitrogens with two attached hydrogens (primary N) is 2. The molecule has 0 heterocycles. The largest absolute Gasteiger partial charge is 0.391 e. The monoisotopic (exact) mass is 189 g/mol. The van der Waals surface area contributed by atoms with Gasteiger partial charge in [0.05, 0.1) is 6.10 Å². The van der Waals surface area contributed by atoms with Crippen molar-refractivity contribution < 1.29 is 14.7 Å². The van der Waals surface area contributed by atoms with Crippen LogP contribution in [0, 0.1) is 0 Å². The van der Waals surface area contributed by atoms with E-state index >= 15 is 0 Å². The first-order chi connectivity index (χ1) is 5.86. The summed E-state index contributed by atoms with van der Waals surface area (Å²) in [4.78, 5) is 21.6. The Morgan fingerprint density at radius 3 is 2.15 bits per heavy atom. The number of aliphatic hydroxyl groups excluding tert-OH is 1. The van der Waals surface area contributed by atoms with E-state index in [0.29, 0.717) is 0 Å². The molecular formula is C7H15N3O3. The van der Waals surface area contributed by atoms with Gasteiger partial charge in [-0.05, 0) is 13.8 Å². The first-order valence-electron chi connectivity index (χ1n) is 3.89. The summed E-state index contributed by atoms with van der Waals surface area (Å²) in [6.45, 7) is 2.83. The van der Waals surface area contributed by atoms with Crippen LogP contribution in [0.15, 0.2) is 0 Å². The van der Waals surface area contributed by atoms with E-state index in [9.17, 15) is 9.59 Å². The Morgan fingerprint density at radius 2 is 1.85 bits per heavy atom. The van der Waals surface area contributed by atoms with Gasteiger partial charge in [-0.3, -0.25) is 9.59 Å². The Morgan fingerprint density at radius 1 is 1.38 bits per heavy atom. The summed E-state index contributed by atoms with van der Waals surface area (Å²) in [5.74, 6) is -1.24. The van der Waals surface area contributed by atoms with E-state index in [1.54, 1.807) is 0 Å². The smallest absolute Gasteiger partial charge is 0.240 e. The van der Waals surface area contributed by atoms with Crippen LogP contribution in [0.1, 0.15) is 13.8 Å². The van der Waals surface area contributed by atoms with Gasteiger partial charge in [0.2, 0.25) is 11.8 Å². The highest BCUT2D eigenvalue weighted by molar-refractivity contribution is 5.88. The van der Waals surface area contributed by atoms with Crippen LogP contribution in [0.25, 0.3) is 0 Å². The fraction of sp³-hybridized carbons (Fsp3) is 0.714. The lowest BCUT2D eigenvalue weighted by Crippen LogP contribution is -2.52. The van der Waals surface area contributed by atoms with Crippen molar-refractivity contribution in [3.8, 4) is 0 Å². The van der Waals surface area contributed by atoms with Gasteiger partial charge in [0, 0.05) is 0 Å². The second-order valence-corrected chi connectivity index (χ2v) is 2.90. The van der Waals surface area contributed by atoms with Crippen LogP contribution in [-0.2, 0) is 9.59 Å². The molecule has 0 aromatic rings. The van der Waals surface area contributed by atoms with E-state index in [1.165, 1.54) is 13.8 Å². The van der Waals surface area contributed by atoms with Gasteiger partial charge in [0.25, 0.3) is 0 Å². The minimum atomic E-state index is -1.04. The average Bonchev–Trinajstić information content (AvgIpc) is 2.02. The Labute approximate surface area is 76.3 Å². The Kier molecular flexibility index (Phi) is 4.36. The lowest BCUT2D eigenvalue weighted by Gasteiger charge is -2.16. The molecule has 0 bridgehead atoms. The van der Waals surface area contributed by atoms with Crippen molar-refractivity contribution in [2.45, 2.75) is 32.0 Å². The lowest BCUT2D eigenvalue weighted by atomic mass is 10.1. The predicted molar refractivity (Wildman–Crippen MR) is 46.5 cm³/mol. The number of hydrogen-bond acceptors (Lipinski definition) is 4. The number of nitrogens with one attached hydrogen (secondary N) is 1. The summed E-state index contributed by atoms with van der Waals surface area (Å²) in [7, 11) is 0. The summed E-state index contributed by atoms with van der Waals surface area (Å²) in [5.41, 5.74) is 10.2. The Hall–Kier alpha value is -1.14. The number of aliphatic hydroxyl groups is 1. The number of rotatable bonds is 4. The van der Waals surface area contributed by atoms with Gasteiger partial charge in [0.1, 0.15) is 12.1 Å². The molecule has 3 atom stereocenters. The number of carbonyl (C=O) groups is 2. The summed E-state index contributed by atoms with van der Waals surface area (Å²) in [6, 6.07) is -1.82. The molecule has 0 aliphatic heterocycles. The molecule has 13 heavy (non-hydrogen) atoms. The van der Waals surface area contributed by atoms with E-state index in [0.717, 1.165) is 0 Å². The van der Waals surface area contributed by atoms with Crippen LogP contribution in [-0.4, -0.2) is 35.1 Å². The van der Waals surface area contributed by atoms with Crippen molar-refractivity contribution in [2.24, 2.45) is 11.5 Å². The van der Waals surface area contributed by atoms with Crippen molar-refractivity contribution in [3.05, 3.63) is 0 Å². The third-order valence-electron chi connectivity index (χ3n) is 1.61. The third kappa shape index (κ3) is 3.86. The number of carbonyl (C=O) groups excluding carboxylic acids is 2. The van der Waals surface area contributed by atoms with E-state index in [2.05, 4.69) is 5.32 Å². The van der Waals surface area contributed by atoms with Crippen molar-refractivity contribution in [1.82, 2.24) is 5.32 Å². The molecule has 0 unspecified atom stereocenters. The standard InChI is InChI=1S/C7H15N3O3/c1-3(6(9)12)10-7(13)5(8)4(2)11/h3-5,11H,8H2,1-2H3,(H2,9,12)(H,10,13)/t3-,4+,5-/m0/s1. The molecule has 0 saturated heterocycles. The topological polar surface area (TPSA) is 118 Å². The van der Waals surface area contributed by atoms with Gasteiger partial charge in [-0.25, -0.2) is 0 Å². The fourth-order valence-electron chi connectivity index (χ4n) is 0.600. The summed E-state index contributed by atoms with van der Waals surface area (Å²) >= 11 is 0. The maximum absolute atomic E-state index is 11.1. The molecule has 0 spiro atoms. The van der Waals surface area contributed by atoms with Crippen molar-refractivity contribution in [2.75, 3.05) is 0 Å². The van der Waals surface area contributed by atoms with Crippen molar-refractivity contribution >= 4 is 11.8 Å². The zero-order valence-electron chi connectivity index (χ0n) is 7.65. The Bertz CT molecular complexity index is 205. The van der Waals surface area contributed by atoms with Crippen LogP contribution in [0.3, 0.4) is 0 Å². The normalized spacial score (nSPS) is 17.2. The molecule has 6 nitrogen and oxygen atoms in total. The maximum Gasteiger partial charge on any atom is 0.240 e. The van der Waals surface area contributed by atoms with E-state index in [4.69, 9.17) is 16.6 Å². The van der Waals surface area contributed by atoms with Crippen LogP contribution in [0.5, 0.6) is 0 Å². The fourth-order valence-corrected chi connectivity index (χ4v) is 0.600. The predicted octanol–water partition coefficient (Wildman–Crippen LogP) is -2.32. The lowest BCUT2D eigenvalue weighted by molar-refractivity contribution is -0.129. The molecule has 6 heteroatoms. The molecule has 0 saturated carbocycles. The van der Waals surface area contributed by atoms with Crippen LogP contribution >= 0.6 is 0 Å². The minimum Gasteiger partial charge on any atom is -0.391 e. The zero-order valence-corrected chi connectivity index (χ0v) is 7.65. The first kappa shape index (κ1) is 11.9. The maximum atomic E-state index is 11.1. The van der Waals surface area contributed by atoms with Crippen molar-refractivity contribution in [3.63, 3.8) is 0 Å². The van der Waals surface area contributed by atoms with Crippen LogP contribution in [0.4, 0.5) is 0 Å². The number of hydrogen-bond donors (Lipinski definition) is 4. The van der Waals surface area contributed by atoms with Gasteiger partial charge in [-0.15, -0.1) is 0 Å². The Balaban J connectivity index is 4.08. The molecule has 0 aliphatic rings. The van der Waals surface area contributed by atoms with Crippen molar-refractivity contribution in [1.29, 1.82) is 0 Å². The second-order valence-electron chi connectivity index (χ2n) is 2.90. The van der Waals surface area contributed by atoms with Crippen LogP contribution < -0.4 is 16.8 Å². The molecule has 0 aromatic carbocycles. The molecule has 76 valence electrons. The molecule has 0 fully saturated rings. The van der Waals surface area contributed by atoms with E-state index in [-0.39, 0.29) is 0 Å². The second kappa shape index (κ2) is 4.78. The SMILES string of the molecule is C[C@H](NC(=O)[C@@H](N)[C@@H](C)O)C(N)=O. The summed E-state index contributed by atoms with van der Waals surface area (Å²) < 4.78 is 0. The van der Waals surface area contributed by atoms with Gasteiger partial charge >= 0.3 is 0 Å². The summed E-state index contributed by atoms with van der Waals surface area (Å²) in [6.07, 6.45) is -0.958. The first-order valence-corrected chi connectivity index (χ1v) is 3.89. The minimum absolute atomic E-state index is 0.596. The molecule has 0 radical (unpaired) electrons. The number of primary amides is 1. The van der Waals surface area contributed by atoms with Gasteiger partial charge < -0.3 is 21.9 Å². The van der Waals surface area contributed by atoms with Crippen LogP contribution in [0.2, 0.25) is 0 Å². The third-order valence-corrected chi connectivity index (χ3v) is 1.61. The van der Waals surface area contributed by atoms with Gasteiger partial charge in [-0.2, -0.15) is 0 Å². The highest BCUT2D eigenvalue weighted by Gasteiger charge is 2.21. The average molecular weight is 189 g/mol.